The normalized spacial score (nSPS) is 14.2. The molecule has 0 unspecified atom stereocenters. The van der Waals surface area contributed by atoms with Gasteiger partial charge < -0.3 is 14.2 Å². The van der Waals surface area contributed by atoms with E-state index in [1.807, 2.05) is 0 Å². The van der Waals surface area contributed by atoms with Crippen LogP contribution in [0.1, 0.15) is 23.6 Å². The van der Waals surface area contributed by atoms with E-state index in [4.69, 9.17) is 25.8 Å². The summed E-state index contributed by atoms with van der Waals surface area (Å²) in [6, 6.07) is 10.8. The molecular formula is C25H16BrClF3NO4. The molecule has 0 N–H and O–H groups in total. The summed E-state index contributed by atoms with van der Waals surface area (Å²) >= 11 is 9.41. The van der Waals surface area contributed by atoms with Gasteiger partial charge in [0.1, 0.15) is 12.4 Å². The number of esters is 1. The van der Waals surface area contributed by atoms with Gasteiger partial charge in [-0.2, -0.15) is 0 Å². The average Bonchev–Trinajstić information content (AvgIpc) is 3.17. The summed E-state index contributed by atoms with van der Waals surface area (Å²) in [7, 11) is 0. The summed E-state index contributed by atoms with van der Waals surface area (Å²) in [5, 5.41) is -0.152. The Balaban J connectivity index is 1.63. The fourth-order valence-corrected chi connectivity index (χ4v) is 3.98. The third-order valence-electron chi connectivity index (χ3n) is 4.79. The van der Waals surface area contributed by atoms with Crippen LogP contribution in [-0.2, 0) is 16.1 Å². The molecule has 1 aliphatic heterocycles. The van der Waals surface area contributed by atoms with Gasteiger partial charge >= 0.3 is 5.97 Å². The first-order valence-corrected chi connectivity index (χ1v) is 11.4. The number of ether oxygens (including phenoxy) is 3. The Kier molecular flexibility index (Phi) is 7.47. The second-order valence-electron chi connectivity index (χ2n) is 7.26. The lowest BCUT2D eigenvalue weighted by Crippen LogP contribution is -2.07. The molecule has 3 aromatic carbocycles. The topological polar surface area (TPSA) is 57.1 Å². The Bertz CT molecular complexity index is 1360. The molecule has 0 amide bonds. The molecule has 10 heteroatoms. The van der Waals surface area contributed by atoms with Gasteiger partial charge in [0.2, 0.25) is 5.90 Å². The molecule has 0 saturated carbocycles. The molecule has 0 atom stereocenters. The van der Waals surface area contributed by atoms with Crippen molar-refractivity contribution >= 4 is 45.5 Å². The van der Waals surface area contributed by atoms with E-state index < -0.39 is 17.6 Å². The minimum Gasteiger partial charge on any atom is -0.490 e. The Morgan fingerprint density at radius 2 is 1.77 bits per heavy atom. The van der Waals surface area contributed by atoms with Crippen molar-refractivity contribution in [3.8, 4) is 11.5 Å². The molecule has 0 aliphatic carbocycles. The van der Waals surface area contributed by atoms with E-state index in [0.29, 0.717) is 28.1 Å². The fraction of sp³-hybridized carbons (Fsp3) is 0.120. The van der Waals surface area contributed by atoms with Crippen LogP contribution < -0.4 is 9.47 Å². The van der Waals surface area contributed by atoms with Gasteiger partial charge in [-0.25, -0.2) is 23.0 Å². The molecule has 180 valence electrons. The Labute approximate surface area is 211 Å². The van der Waals surface area contributed by atoms with Crippen molar-refractivity contribution in [3.63, 3.8) is 0 Å². The van der Waals surface area contributed by atoms with Gasteiger partial charge in [-0.15, -0.1) is 0 Å². The number of rotatable bonds is 7. The van der Waals surface area contributed by atoms with Crippen LogP contribution >= 0.6 is 27.5 Å². The van der Waals surface area contributed by atoms with Crippen LogP contribution in [0.2, 0.25) is 5.02 Å². The maximum atomic E-state index is 13.7. The van der Waals surface area contributed by atoms with Gasteiger partial charge in [0, 0.05) is 0 Å². The average molecular weight is 567 g/mol. The number of benzene rings is 3. The van der Waals surface area contributed by atoms with Crippen molar-refractivity contribution in [2.75, 3.05) is 6.61 Å². The highest BCUT2D eigenvalue weighted by Crippen LogP contribution is 2.38. The largest absolute Gasteiger partial charge is 0.490 e. The summed E-state index contributed by atoms with van der Waals surface area (Å²) in [6.07, 6.45) is 1.44. The van der Waals surface area contributed by atoms with E-state index in [9.17, 15) is 18.0 Å². The predicted octanol–water partition coefficient (Wildman–Crippen LogP) is 6.84. The zero-order chi connectivity index (χ0) is 25.1. The Morgan fingerprint density at radius 3 is 2.49 bits per heavy atom. The summed E-state index contributed by atoms with van der Waals surface area (Å²) in [4.78, 5) is 16.5. The van der Waals surface area contributed by atoms with E-state index in [1.54, 1.807) is 31.2 Å². The zero-order valence-corrected chi connectivity index (χ0v) is 20.4. The van der Waals surface area contributed by atoms with Gasteiger partial charge in [-0.05, 0) is 76.5 Å². The molecule has 3 aromatic rings. The second kappa shape index (κ2) is 10.5. The Hall–Kier alpha value is -3.30. The van der Waals surface area contributed by atoms with Crippen LogP contribution in [-0.4, -0.2) is 18.5 Å². The van der Waals surface area contributed by atoms with Gasteiger partial charge in [-0.3, -0.25) is 0 Å². The first-order valence-electron chi connectivity index (χ1n) is 10.3. The smallest absolute Gasteiger partial charge is 0.363 e. The van der Waals surface area contributed by atoms with Crippen molar-refractivity contribution in [2.24, 2.45) is 4.99 Å². The predicted molar refractivity (Wildman–Crippen MR) is 128 cm³/mol. The molecule has 5 nitrogen and oxygen atoms in total. The molecule has 4 rings (SSSR count). The fourth-order valence-electron chi connectivity index (χ4n) is 3.18. The van der Waals surface area contributed by atoms with Crippen LogP contribution in [0.15, 0.2) is 63.7 Å². The SMILES string of the molecule is CCOc1cc(/C=C2\N=C(c3cc(F)c(F)cc3Cl)OC2=O)cc(Br)c1OCc1ccc(F)cc1. The Morgan fingerprint density at radius 1 is 1.06 bits per heavy atom. The number of carbonyl (C=O) groups excluding carboxylic acids is 1. The quantitative estimate of drug-likeness (QED) is 0.178. The number of carbonyl (C=O) groups is 1. The van der Waals surface area contributed by atoms with E-state index in [-0.39, 0.29) is 34.6 Å². The number of cyclic esters (lactones) is 1. The number of nitrogens with zero attached hydrogens (tertiary/aromatic N) is 1. The van der Waals surface area contributed by atoms with Crippen molar-refractivity contribution in [2.45, 2.75) is 13.5 Å². The van der Waals surface area contributed by atoms with Crippen molar-refractivity contribution in [1.82, 2.24) is 0 Å². The first-order chi connectivity index (χ1) is 16.7. The van der Waals surface area contributed by atoms with Crippen LogP contribution in [0.4, 0.5) is 13.2 Å². The van der Waals surface area contributed by atoms with Crippen LogP contribution in [0, 0.1) is 17.5 Å². The summed E-state index contributed by atoms with van der Waals surface area (Å²) in [5.41, 5.74) is 1.17. The molecule has 35 heavy (non-hydrogen) atoms. The van der Waals surface area contributed by atoms with Gasteiger partial charge in [-0.1, -0.05) is 23.7 Å². The third-order valence-corrected chi connectivity index (χ3v) is 5.69. The van der Waals surface area contributed by atoms with Crippen molar-refractivity contribution < 1.29 is 32.2 Å². The monoisotopic (exact) mass is 565 g/mol. The van der Waals surface area contributed by atoms with Gasteiger partial charge in [0.25, 0.3) is 0 Å². The second-order valence-corrected chi connectivity index (χ2v) is 8.52. The minimum atomic E-state index is -1.15. The van der Waals surface area contributed by atoms with Gasteiger partial charge in [0.15, 0.2) is 28.8 Å². The summed E-state index contributed by atoms with van der Waals surface area (Å²) in [6.45, 7) is 2.33. The van der Waals surface area contributed by atoms with Gasteiger partial charge in [0.05, 0.1) is 21.7 Å². The van der Waals surface area contributed by atoms with Crippen molar-refractivity contribution in [3.05, 3.63) is 97.9 Å². The number of halogens is 5. The van der Waals surface area contributed by atoms with Crippen LogP contribution in [0.3, 0.4) is 0 Å². The maximum absolute atomic E-state index is 13.7. The molecule has 0 aromatic heterocycles. The standard InChI is InChI=1S/C25H16BrClF3NO4/c1-2-33-22-9-14(7-17(26)23(22)34-12-13-3-5-15(28)6-4-13)8-21-25(32)35-24(31-21)16-10-19(29)20(30)11-18(16)27/h3-11H,2,12H2,1H3/b21-8-. The van der Waals surface area contributed by atoms with E-state index >= 15 is 0 Å². The summed E-state index contributed by atoms with van der Waals surface area (Å²) < 4.78 is 57.4. The third kappa shape index (κ3) is 5.68. The number of aliphatic imine (C=N–C) groups is 1. The number of hydrogen-bond acceptors (Lipinski definition) is 5. The van der Waals surface area contributed by atoms with E-state index in [0.717, 1.165) is 17.7 Å². The highest BCUT2D eigenvalue weighted by Gasteiger charge is 2.27. The lowest BCUT2D eigenvalue weighted by molar-refractivity contribution is -0.129. The van der Waals surface area contributed by atoms with Crippen molar-refractivity contribution in [1.29, 1.82) is 0 Å². The van der Waals surface area contributed by atoms with E-state index in [1.165, 1.54) is 18.2 Å². The van der Waals surface area contributed by atoms with Crippen LogP contribution in [0.5, 0.6) is 11.5 Å². The highest BCUT2D eigenvalue weighted by atomic mass is 79.9. The zero-order valence-electron chi connectivity index (χ0n) is 18.1. The molecule has 1 heterocycles. The summed E-state index contributed by atoms with van der Waals surface area (Å²) in [5.74, 6) is -2.83. The molecule has 0 saturated heterocycles. The minimum absolute atomic E-state index is 0.0527. The highest BCUT2D eigenvalue weighted by molar-refractivity contribution is 9.10. The number of hydrogen-bond donors (Lipinski definition) is 0. The molecule has 1 aliphatic rings. The lowest BCUT2D eigenvalue weighted by atomic mass is 10.1. The molecular weight excluding hydrogens is 551 g/mol. The molecule has 0 radical (unpaired) electrons. The first kappa shape index (κ1) is 24.8. The molecule has 0 spiro atoms. The van der Waals surface area contributed by atoms with E-state index in [2.05, 4.69) is 20.9 Å². The van der Waals surface area contributed by atoms with Crippen LogP contribution in [0.25, 0.3) is 6.08 Å². The lowest BCUT2D eigenvalue weighted by Gasteiger charge is -2.15. The molecule has 0 bridgehead atoms. The molecule has 0 fully saturated rings. The maximum Gasteiger partial charge on any atom is 0.363 e.